The standard InChI is InChI=1S/C11H20N2O/c1-3-4-5-6-10(13-12)11-9(2)7-8-14-11/h9-11,13H,5-8,12H2,1-2H3. The highest BCUT2D eigenvalue weighted by atomic mass is 16.5. The van der Waals surface area contributed by atoms with Crippen LogP contribution in [0.25, 0.3) is 0 Å². The van der Waals surface area contributed by atoms with Gasteiger partial charge < -0.3 is 4.74 Å². The normalized spacial score (nSPS) is 28.2. The van der Waals surface area contributed by atoms with E-state index in [1.165, 1.54) is 0 Å². The lowest BCUT2D eigenvalue weighted by atomic mass is 9.95. The van der Waals surface area contributed by atoms with Gasteiger partial charge in [0.15, 0.2) is 0 Å². The van der Waals surface area contributed by atoms with Crippen molar-refractivity contribution in [3.63, 3.8) is 0 Å². The molecule has 14 heavy (non-hydrogen) atoms. The topological polar surface area (TPSA) is 47.3 Å². The summed E-state index contributed by atoms with van der Waals surface area (Å²) in [6, 6.07) is 0.244. The van der Waals surface area contributed by atoms with Crippen LogP contribution in [-0.2, 0) is 4.74 Å². The van der Waals surface area contributed by atoms with Crippen LogP contribution in [0.1, 0.15) is 33.1 Å². The molecule has 0 saturated carbocycles. The van der Waals surface area contributed by atoms with Gasteiger partial charge in [-0.15, -0.1) is 11.8 Å². The molecule has 3 N–H and O–H groups in total. The summed E-state index contributed by atoms with van der Waals surface area (Å²) in [7, 11) is 0. The van der Waals surface area contributed by atoms with Crippen LogP contribution in [0, 0.1) is 17.8 Å². The fourth-order valence-corrected chi connectivity index (χ4v) is 1.93. The zero-order valence-corrected chi connectivity index (χ0v) is 9.05. The Hall–Kier alpha value is -0.560. The van der Waals surface area contributed by atoms with Crippen LogP contribution in [0.4, 0.5) is 0 Å². The number of hydrogen-bond acceptors (Lipinski definition) is 3. The van der Waals surface area contributed by atoms with Crippen LogP contribution < -0.4 is 11.3 Å². The zero-order chi connectivity index (χ0) is 10.4. The summed E-state index contributed by atoms with van der Waals surface area (Å²) in [4.78, 5) is 0. The summed E-state index contributed by atoms with van der Waals surface area (Å²) in [5.41, 5.74) is 2.84. The van der Waals surface area contributed by atoms with Gasteiger partial charge in [-0.2, -0.15) is 0 Å². The zero-order valence-electron chi connectivity index (χ0n) is 9.05. The Morgan fingerprint density at radius 1 is 1.64 bits per heavy atom. The number of hydrogen-bond donors (Lipinski definition) is 2. The van der Waals surface area contributed by atoms with Gasteiger partial charge in [-0.1, -0.05) is 6.92 Å². The Morgan fingerprint density at radius 2 is 2.43 bits per heavy atom. The molecular weight excluding hydrogens is 176 g/mol. The highest BCUT2D eigenvalue weighted by molar-refractivity contribution is 4.96. The van der Waals surface area contributed by atoms with Gasteiger partial charge in [0.05, 0.1) is 6.10 Å². The summed E-state index contributed by atoms with van der Waals surface area (Å²) in [5, 5.41) is 0. The fraction of sp³-hybridized carbons (Fsp3) is 0.818. The molecule has 1 saturated heterocycles. The van der Waals surface area contributed by atoms with Gasteiger partial charge in [0.1, 0.15) is 0 Å². The van der Waals surface area contributed by atoms with Crippen molar-refractivity contribution in [1.82, 2.24) is 5.43 Å². The summed E-state index contributed by atoms with van der Waals surface area (Å²) in [6.45, 7) is 4.94. The Labute approximate surface area is 86.4 Å². The van der Waals surface area contributed by atoms with E-state index in [1.54, 1.807) is 0 Å². The second-order valence-electron chi connectivity index (χ2n) is 3.84. The van der Waals surface area contributed by atoms with E-state index in [0.717, 1.165) is 25.9 Å². The van der Waals surface area contributed by atoms with E-state index in [2.05, 4.69) is 24.2 Å². The predicted molar refractivity (Wildman–Crippen MR) is 57.3 cm³/mol. The molecule has 0 aliphatic carbocycles. The van der Waals surface area contributed by atoms with Crippen LogP contribution in [0.15, 0.2) is 0 Å². The lowest BCUT2D eigenvalue weighted by molar-refractivity contribution is 0.0587. The third-order valence-electron chi connectivity index (χ3n) is 2.81. The minimum absolute atomic E-state index is 0.244. The van der Waals surface area contributed by atoms with E-state index in [1.807, 2.05) is 6.92 Å². The first-order valence-corrected chi connectivity index (χ1v) is 5.27. The second kappa shape index (κ2) is 6.02. The molecular formula is C11H20N2O. The van der Waals surface area contributed by atoms with Gasteiger partial charge >= 0.3 is 0 Å². The molecule has 1 aliphatic heterocycles. The number of nitrogens with two attached hydrogens (primary N) is 1. The van der Waals surface area contributed by atoms with Gasteiger partial charge in [0, 0.05) is 19.1 Å². The van der Waals surface area contributed by atoms with Crippen molar-refractivity contribution in [3.05, 3.63) is 0 Å². The van der Waals surface area contributed by atoms with E-state index < -0.39 is 0 Å². The van der Waals surface area contributed by atoms with Gasteiger partial charge in [0.2, 0.25) is 0 Å². The molecule has 0 aromatic rings. The van der Waals surface area contributed by atoms with Gasteiger partial charge in [-0.25, -0.2) is 0 Å². The molecule has 1 aliphatic rings. The Kier molecular flexibility index (Phi) is 4.95. The second-order valence-corrected chi connectivity index (χ2v) is 3.84. The molecule has 3 unspecified atom stereocenters. The van der Waals surface area contributed by atoms with Crippen molar-refractivity contribution in [2.45, 2.75) is 45.3 Å². The first-order valence-electron chi connectivity index (χ1n) is 5.27. The lowest BCUT2D eigenvalue weighted by Crippen LogP contribution is -2.45. The molecule has 3 nitrogen and oxygen atoms in total. The number of hydrazine groups is 1. The lowest BCUT2D eigenvalue weighted by Gasteiger charge is -2.24. The minimum atomic E-state index is 0.244. The Balaban J connectivity index is 2.38. The largest absolute Gasteiger partial charge is 0.376 e. The highest BCUT2D eigenvalue weighted by Crippen LogP contribution is 2.24. The molecule has 1 heterocycles. The van der Waals surface area contributed by atoms with E-state index in [4.69, 9.17) is 10.6 Å². The molecule has 3 atom stereocenters. The van der Waals surface area contributed by atoms with Gasteiger partial charge in [-0.3, -0.25) is 11.3 Å². The van der Waals surface area contributed by atoms with Crippen LogP contribution in [0.2, 0.25) is 0 Å². The van der Waals surface area contributed by atoms with Crippen LogP contribution >= 0.6 is 0 Å². The first kappa shape index (κ1) is 11.5. The smallest absolute Gasteiger partial charge is 0.0768 e. The molecule has 0 spiro atoms. The molecule has 0 aromatic heterocycles. The van der Waals surface area contributed by atoms with E-state index in [-0.39, 0.29) is 12.1 Å². The summed E-state index contributed by atoms with van der Waals surface area (Å²) in [6.07, 6.45) is 3.26. The Bertz CT molecular complexity index is 219. The van der Waals surface area contributed by atoms with Crippen molar-refractivity contribution < 1.29 is 4.74 Å². The minimum Gasteiger partial charge on any atom is -0.376 e. The quantitative estimate of drug-likeness (QED) is 0.401. The number of rotatable bonds is 4. The maximum Gasteiger partial charge on any atom is 0.0768 e. The SMILES string of the molecule is CC#CCCC(NN)C1OCCC1C. The summed E-state index contributed by atoms with van der Waals surface area (Å²) in [5.74, 6) is 12.1. The fourth-order valence-electron chi connectivity index (χ4n) is 1.93. The molecule has 1 fully saturated rings. The predicted octanol–water partition coefficient (Wildman–Crippen LogP) is 1.05. The summed E-state index contributed by atoms with van der Waals surface area (Å²) < 4.78 is 5.66. The van der Waals surface area contributed by atoms with Crippen molar-refractivity contribution in [2.75, 3.05) is 6.61 Å². The number of nitrogens with one attached hydrogen (secondary N) is 1. The molecule has 1 rings (SSSR count). The molecule has 0 radical (unpaired) electrons. The Morgan fingerprint density at radius 3 is 2.93 bits per heavy atom. The van der Waals surface area contributed by atoms with Crippen molar-refractivity contribution in [1.29, 1.82) is 0 Å². The van der Waals surface area contributed by atoms with Crippen LogP contribution in [-0.4, -0.2) is 18.8 Å². The molecule has 80 valence electrons. The average Bonchev–Trinajstić information content (AvgIpc) is 2.60. The molecule has 3 heteroatoms. The van der Waals surface area contributed by atoms with E-state index in [0.29, 0.717) is 5.92 Å². The molecule has 0 bridgehead atoms. The molecule has 0 aromatic carbocycles. The highest BCUT2D eigenvalue weighted by Gasteiger charge is 2.30. The monoisotopic (exact) mass is 196 g/mol. The molecule has 0 amide bonds. The van der Waals surface area contributed by atoms with Crippen molar-refractivity contribution >= 4 is 0 Å². The third-order valence-corrected chi connectivity index (χ3v) is 2.81. The summed E-state index contributed by atoms with van der Waals surface area (Å²) >= 11 is 0. The maximum absolute atomic E-state index is 5.66. The first-order chi connectivity index (χ1) is 6.79. The van der Waals surface area contributed by atoms with Crippen molar-refractivity contribution in [3.8, 4) is 11.8 Å². The number of ether oxygens (including phenoxy) is 1. The van der Waals surface area contributed by atoms with Crippen molar-refractivity contribution in [2.24, 2.45) is 11.8 Å². The van der Waals surface area contributed by atoms with E-state index in [9.17, 15) is 0 Å². The average molecular weight is 196 g/mol. The van der Waals surface area contributed by atoms with Gasteiger partial charge in [0.25, 0.3) is 0 Å². The maximum atomic E-state index is 5.66. The van der Waals surface area contributed by atoms with Gasteiger partial charge in [-0.05, 0) is 25.7 Å². The van der Waals surface area contributed by atoms with Crippen LogP contribution in [0.5, 0.6) is 0 Å². The van der Waals surface area contributed by atoms with E-state index >= 15 is 0 Å². The van der Waals surface area contributed by atoms with Crippen LogP contribution in [0.3, 0.4) is 0 Å². The third kappa shape index (κ3) is 2.98.